The Kier molecular flexibility index (Phi) is 6.64. The minimum Gasteiger partial charge on any atom is -0.468 e. The second-order valence-corrected chi connectivity index (χ2v) is 7.28. The van der Waals surface area contributed by atoms with Gasteiger partial charge in [0.25, 0.3) is 0 Å². The maximum absolute atomic E-state index is 12.7. The molecule has 2 aromatic heterocycles. The van der Waals surface area contributed by atoms with Gasteiger partial charge in [0.2, 0.25) is 5.91 Å². The second-order valence-electron chi connectivity index (χ2n) is 7.28. The molecule has 0 saturated carbocycles. The fourth-order valence-corrected chi connectivity index (χ4v) is 3.77. The quantitative estimate of drug-likeness (QED) is 0.759. The number of carbonyl (C=O) groups is 1. The third-order valence-corrected chi connectivity index (χ3v) is 5.25. The van der Waals surface area contributed by atoms with Gasteiger partial charge in [-0.2, -0.15) is 4.98 Å². The molecule has 1 atom stereocenters. The van der Waals surface area contributed by atoms with Crippen LogP contribution in [0.15, 0.2) is 33.7 Å². The van der Waals surface area contributed by atoms with Gasteiger partial charge >= 0.3 is 5.69 Å². The molecule has 1 aliphatic rings. The number of hydrogen-bond acceptors (Lipinski definition) is 6. The summed E-state index contributed by atoms with van der Waals surface area (Å²) in [5.74, 6) is 0.900. The van der Waals surface area contributed by atoms with Crippen LogP contribution in [-0.2, 0) is 17.9 Å². The fraction of sp³-hybridized carbons (Fsp3) is 0.550. The zero-order valence-electron chi connectivity index (χ0n) is 16.5. The van der Waals surface area contributed by atoms with Gasteiger partial charge in [-0.1, -0.05) is 0 Å². The Morgan fingerprint density at radius 1 is 1.36 bits per heavy atom. The summed E-state index contributed by atoms with van der Waals surface area (Å²) in [6.07, 6.45) is 2.51. The molecule has 1 amide bonds. The molecular formula is C20H28N4O4. The highest BCUT2D eigenvalue weighted by Gasteiger charge is 2.29. The molecule has 0 aromatic carbocycles. The molecule has 0 aliphatic carbocycles. The fourth-order valence-electron chi connectivity index (χ4n) is 3.77. The number of carbonyl (C=O) groups excluding carboxylic acids is 1. The predicted octanol–water partition coefficient (Wildman–Crippen LogP) is 0.939. The van der Waals surface area contributed by atoms with Gasteiger partial charge in [-0.25, -0.2) is 4.79 Å². The highest BCUT2D eigenvalue weighted by molar-refractivity contribution is 5.76. The van der Waals surface area contributed by atoms with Crippen molar-refractivity contribution in [1.29, 1.82) is 0 Å². The molecule has 3 heterocycles. The minimum absolute atomic E-state index is 0.0208. The summed E-state index contributed by atoms with van der Waals surface area (Å²) in [7, 11) is 0. The SMILES string of the molecule is Cc1cc(C)n(CCC(=O)N2CCN(Cc3ccco3)[C@@H](CCO)C2)c(=O)n1. The molecule has 1 saturated heterocycles. The summed E-state index contributed by atoms with van der Waals surface area (Å²) in [6.45, 7) is 6.63. The number of furan rings is 1. The Bertz CT molecular complexity index is 846. The van der Waals surface area contributed by atoms with E-state index in [1.54, 1.807) is 17.8 Å². The molecule has 152 valence electrons. The second kappa shape index (κ2) is 9.16. The van der Waals surface area contributed by atoms with Gasteiger partial charge in [0.15, 0.2) is 0 Å². The first-order chi connectivity index (χ1) is 13.5. The largest absolute Gasteiger partial charge is 0.468 e. The third kappa shape index (κ3) is 4.88. The number of aliphatic hydroxyl groups is 1. The van der Waals surface area contributed by atoms with Crippen LogP contribution in [0.5, 0.6) is 0 Å². The van der Waals surface area contributed by atoms with Crippen molar-refractivity contribution in [3.05, 3.63) is 52.1 Å². The Morgan fingerprint density at radius 2 is 2.18 bits per heavy atom. The first-order valence-corrected chi connectivity index (χ1v) is 9.68. The van der Waals surface area contributed by atoms with Crippen LogP contribution in [0.4, 0.5) is 0 Å². The van der Waals surface area contributed by atoms with Crippen molar-refractivity contribution in [2.24, 2.45) is 0 Å². The normalized spacial score (nSPS) is 17.8. The van der Waals surface area contributed by atoms with E-state index >= 15 is 0 Å². The zero-order valence-corrected chi connectivity index (χ0v) is 16.5. The number of piperazine rings is 1. The molecule has 0 radical (unpaired) electrons. The van der Waals surface area contributed by atoms with Crippen LogP contribution in [0.1, 0.15) is 30.0 Å². The molecule has 1 aliphatic heterocycles. The van der Waals surface area contributed by atoms with Crippen LogP contribution >= 0.6 is 0 Å². The maximum atomic E-state index is 12.7. The van der Waals surface area contributed by atoms with E-state index in [0.29, 0.717) is 38.3 Å². The van der Waals surface area contributed by atoms with Gasteiger partial charge in [0.1, 0.15) is 5.76 Å². The maximum Gasteiger partial charge on any atom is 0.347 e. The molecule has 8 heteroatoms. The molecule has 28 heavy (non-hydrogen) atoms. The lowest BCUT2D eigenvalue weighted by atomic mass is 10.1. The van der Waals surface area contributed by atoms with E-state index in [0.717, 1.165) is 18.0 Å². The van der Waals surface area contributed by atoms with Crippen molar-refractivity contribution >= 4 is 5.91 Å². The summed E-state index contributed by atoms with van der Waals surface area (Å²) in [5.41, 5.74) is 1.18. The summed E-state index contributed by atoms with van der Waals surface area (Å²) in [5, 5.41) is 9.42. The van der Waals surface area contributed by atoms with Crippen molar-refractivity contribution in [1.82, 2.24) is 19.4 Å². The van der Waals surface area contributed by atoms with E-state index in [-0.39, 0.29) is 30.7 Å². The van der Waals surface area contributed by atoms with Crippen LogP contribution in [0.25, 0.3) is 0 Å². The number of nitrogens with zero attached hydrogens (tertiary/aromatic N) is 4. The average molecular weight is 388 g/mol. The average Bonchev–Trinajstić information content (AvgIpc) is 3.15. The van der Waals surface area contributed by atoms with Crippen LogP contribution in [-0.4, -0.2) is 62.6 Å². The van der Waals surface area contributed by atoms with Gasteiger partial charge < -0.3 is 14.4 Å². The lowest BCUT2D eigenvalue weighted by Crippen LogP contribution is -2.54. The van der Waals surface area contributed by atoms with Gasteiger partial charge in [-0.15, -0.1) is 0 Å². The Balaban J connectivity index is 1.59. The van der Waals surface area contributed by atoms with Crippen LogP contribution < -0.4 is 5.69 Å². The predicted molar refractivity (Wildman–Crippen MR) is 104 cm³/mol. The summed E-state index contributed by atoms with van der Waals surface area (Å²) in [6, 6.07) is 5.72. The van der Waals surface area contributed by atoms with Gasteiger partial charge in [0.05, 0.1) is 12.8 Å². The monoisotopic (exact) mass is 388 g/mol. The Morgan fingerprint density at radius 3 is 2.86 bits per heavy atom. The number of rotatable bonds is 7. The number of hydrogen-bond donors (Lipinski definition) is 1. The molecule has 3 rings (SSSR count). The molecule has 0 spiro atoms. The highest BCUT2D eigenvalue weighted by atomic mass is 16.3. The highest BCUT2D eigenvalue weighted by Crippen LogP contribution is 2.17. The van der Waals surface area contributed by atoms with Gasteiger partial charge in [-0.05, 0) is 38.5 Å². The van der Waals surface area contributed by atoms with E-state index in [1.165, 1.54) is 0 Å². The molecule has 8 nitrogen and oxygen atoms in total. The lowest BCUT2D eigenvalue weighted by Gasteiger charge is -2.41. The number of aliphatic hydroxyl groups excluding tert-OH is 1. The minimum atomic E-state index is -0.313. The van der Waals surface area contributed by atoms with E-state index in [1.807, 2.05) is 30.0 Å². The molecule has 1 N–H and O–H groups in total. The standard InChI is InChI=1S/C20H28N4O4/c1-15-12-16(2)24(20(27)21-15)7-5-19(26)23-9-8-22(17(13-23)6-10-25)14-18-4-3-11-28-18/h3-4,11-12,17,25H,5-10,13-14H2,1-2H3/t17-/m0/s1. The number of amides is 1. The van der Waals surface area contributed by atoms with Crippen LogP contribution in [0.2, 0.25) is 0 Å². The summed E-state index contributed by atoms with van der Waals surface area (Å²) < 4.78 is 6.98. The summed E-state index contributed by atoms with van der Waals surface area (Å²) in [4.78, 5) is 32.8. The topological polar surface area (TPSA) is 91.8 Å². The third-order valence-electron chi connectivity index (χ3n) is 5.25. The molecule has 0 bridgehead atoms. The van der Waals surface area contributed by atoms with E-state index < -0.39 is 0 Å². The first kappa shape index (κ1) is 20.3. The van der Waals surface area contributed by atoms with E-state index in [2.05, 4.69) is 9.88 Å². The molecule has 2 aromatic rings. The summed E-state index contributed by atoms with van der Waals surface area (Å²) >= 11 is 0. The van der Waals surface area contributed by atoms with Crippen molar-refractivity contribution in [2.45, 2.75) is 45.8 Å². The number of aromatic nitrogens is 2. The van der Waals surface area contributed by atoms with Crippen LogP contribution in [0, 0.1) is 13.8 Å². The van der Waals surface area contributed by atoms with E-state index in [4.69, 9.17) is 4.42 Å². The molecular weight excluding hydrogens is 360 g/mol. The zero-order chi connectivity index (χ0) is 20.1. The van der Waals surface area contributed by atoms with Gasteiger partial charge in [0, 0.05) is 56.6 Å². The van der Waals surface area contributed by atoms with Crippen molar-refractivity contribution in [3.8, 4) is 0 Å². The Hall–Kier alpha value is -2.45. The van der Waals surface area contributed by atoms with E-state index in [9.17, 15) is 14.7 Å². The first-order valence-electron chi connectivity index (χ1n) is 9.68. The van der Waals surface area contributed by atoms with Crippen LogP contribution in [0.3, 0.4) is 0 Å². The molecule has 1 fully saturated rings. The van der Waals surface area contributed by atoms with Crippen molar-refractivity contribution < 1.29 is 14.3 Å². The lowest BCUT2D eigenvalue weighted by molar-refractivity contribution is -0.134. The van der Waals surface area contributed by atoms with Crippen molar-refractivity contribution in [3.63, 3.8) is 0 Å². The Labute approximate surface area is 164 Å². The van der Waals surface area contributed by atoms with Crippen molar-refractivity contribution in [2.75, 3.05) is 26.2 Å². The molecule has 0 unspecified atom stereocenters. The smallest absolute Gasteiger partial charge is 0.347 e. The van der Waals surface area contributed by atoms with Gasteiger partial charge in [-0.3, -0.25) is 14.3 Å². The number of aryl methyl sites for hydroxylation is 2.